The van der Waals surface area contributed by atoms with Crippen molar-refractivity contribution in [2.45, 2.75) is 18.8 Å². The minimum Gasteiger partial charge on any atom is -0.484 e. The van der Waals surface area contributed by atoms with Crippen LogP contribution in [0.2, 0.25) is 0 Å². The third-order valence-electron chi connectivity index (χ3n) is 3.25. The Labute approximate surface area is 144 Å². The zero-order valence-corrected chi connectivity index (χ0v) is 14.0. The van der Waals surface area contributed by atoms with E-state index in [1.54, 1.807) is 12.1 Å². The molecule has 0 aliphatic carbocycles. The Bertz CT molecular complexity index is 801. The van der Waals surface area contributed by atoms with Gasteiger partial charge in [-0.1, -0.05) is 59.8 Å². The van der Waals surface area contributed by atoms with E-state index in [1.165, 1.54) is 17.3 Å². The summed E-state index contributed by atoms with van der Waals surface area (Å²) in [7, 11) is 0. The summed E-state index contributed by atoms with van der Waals surface area (Å²) >= 11 is 1.22. The van der Waals surface area contributed by atoms with Crippen molar-refractivity contribution >= 4 is 17.5 Å². The van der Waals surface area contributed by atoms with E-state index in [2.05, 4.69) is 10.2 Å². The molecule has 3 rings (SSSR count). The number of carbonyl (C=O) groups excluding carboxylic acids is 1. The van der Waals surface area contributed by atoms with Crippen LogP contribution >= 0.6 is 11.8 Å². The van der Waals surface area contributed by atoms with Crippen LogP contribution < -0.4 is 4.74 Å². The second kappa shape index (κ2) is 7.79. The zero-order chi connectivity index (χ0) is 16.8. The third kappa shape index (κ3) is 4.45. The van der Waals surface area contributed by atoms with Crippen molar-refractivity contribution in [1.82, 2.24) is 10.2 Å². The van der Waals surface area contributed by atoms with Crippen molar-refractivity contribution in [3.8, 4) is 5.75 Å². The van der Waals surface area contributed by atoms with Gasteiger partial charge >= 0.3 is 0 Å². The molecule has 0 saturated carbocycles. The van der Waals surface area contributed by atoms with Gasteiger partial charge in [0.05, 0.1) is 5.75 Å². The van der Waals surface area contributed by atoms with Gasteiger partial charge in [0.1, 0.15) is 5.75 Å². The number of carbonyl (C=O) groups is 1. The van der Waals surface area contributed by atoms with Crippen molar-refractivity contribution < 1.29 is 13.9 Å². The molecule has 0 radical (unpaired) electrons. The van der Waals surface area contributed by atoms with E-state index in [1.807, 2.05) is 49.4 Å². The number of hydrogen-bond donors (Lipinski definition) is 0. The number of nitrogens with zero attached hydrogens (tertiary/aromatic N) is 2. The monoisotopic (exact) mass is 340 g/mol. The van der Waals surface area contributed by atoms with Gasteiger partial charge in [-0.3, -0.25) is 4.79 Å². The predicted molar refractivity (Wildman–Crippen MR) is 91.3 cm³/mol. The van der Waals surface area contributed by atoms with Gasteiger partial charge in [0.2, 0.25) is 0 Å². The molecule has 122 valence electrons. The van der Waals surface area contributed by atoms with Gasteiger partial charge in [-0.05, 0) is 19.1 Å². The Balaban J connectivity index is 1.50. The quantitative estimate of drug-likeness (QED) is 0.479. The molecular weight excluding hydrogens is 324 g/mol. The summed E-state index contributed by atoms with van der Waals surface area (Å²) in [5.74, 6) is 1.40. The summed E-state index contributed by atoms with van der Waals surface area (Å²) in [6, 6.07) is 16.9. The maximum atomic E-state index is 12.0. The number of thioether (sulfide) groups is 1. The lowest BCUT2D eigenvalue weighted by atomic mass is 10.2. The summed E-state index contributed by atoms with van der Waals surface area (Å²) in [6.45, 7) is 2.21. The van der Waals surface area contributed by atoms with E-state index in [0.29, 0.717) is 16.7 Å². The number of aromatic nitrogens is 2. The molecule has 0 bridgehead atoms. The molecule has 1 aromatic heterocycles. The van der Waals surface area contributed by atoms with Gasteiger partial charge in [0, 0.05) is 5.56 Å². The molecule has 0 unspecified atom stereocenters. The van der Waals surface area contributed by atoms with Gasteiger partial charge in [0.25, 0.3) is 11.1 Å². The normalized spacial score (nSPS) is 10.5. The van der Waals surface area contributed by atoms with Crippen LogP contribution in [0.3, 0.4) is 0 Å². The first kappa shape index (κ1) is 16.3. The zero-order valence-electron chi connectivity index (χ0n) is 13.1. The molecule has 5 nitrogen and oxygen atoms in total. The van der Waals surface area contributed by atoms with Crippen LogP contribution in [-0.4, -0.2) is 21.7 Å². The van der Waals surface area contributed by atoms with Crippen molar-refractivity contribution in [3.05, 3.63) is 71.6 Å². The first-order valence-electron chi connectivity index (χ1n) is 7.43. The number of aryl methyl sites for hydroxylation is 1. The summed E-state index contributed by atoms with van der Waals surface area (Å²) in [5, 5.41) is 8.21. The van der Waals surface area contributed by atoms with Crippen LogP contribution in [0.1, 0.15) is 21.8 Å². The molecule has 0 saturated heterocycles. The fourth-order valence-corrected chi connectivity index (χ4v) is 2.64. The average molecular weight is 340 g/mol. The van der Waals surface area contributed by atoms with Gasteiger partial charge in [-0.25, -0.2) is 0 Å². The highest BCUT2D eigenvalue weighted by atomic mass is 32.2. The van der Waals surface area contributed by atoms with E-state index in [-0.39, 0.29) is 18.1 Å². The number of ether oxygens (including phenoxy) is 1. The molecule has 0 aliphatic heterocycles. The highest BCUT2D eigenvalue weighted by Crippen LogP contribution is 2.19. The van der Waals surface area contributed by atoms with Crippen LogP contribution in [0.15, 0.2) is 64.2 Å². The molecule has 6 heteroatoms. The summed E-state index contributed by atoms with van der Waals surface area (Å²) in [5.41, 5.74) is 1.84. The van der Waals surface area contributed by atoms with Gasteiger partial charge < -0.3 is 9.15 Å². The number of benzene rings is 2. The largest absolute Gasteiger partial charge is 0.484 e. The van der Waals surface area contributed by atoms with Crippen LogP contribution in [0.25, 0.3) is 0 Å². The van der Waals surface area contributed by atoms with Gasteiger partial charge in [-0.2, -0.15) is 0 Å². The van der Waals surface area contributed by atoms with E-state index in [4.69, 9.17) is 9.15 Å². The molecule has 24 heavy (non-hydrogen) atoms. The van der Waals surface area contributed by atoms with Gasteiger partial charge in [-0.15, -0.1) is 10.2 Å². The lowest BCUT2D eigenvalue weighted by Crippen LogP contribution is -2.01. The molecule has 0 fully saturated rings. The molecule has 3 aromatic rings. The number of Topliss-reactive ketones (excluding diaryl/α,β-unsaturated/α-hetero) is 1. The fourth-order valence-electron chi connectivity index (χ4n) is 1.97. The second-order valence-electron chi connectivity index (χ2n) is 5.14. The summed E-state index contributed by atoms with van der Waals surface area (Å²) in [4.78, 5) is 12.0. The number of rotatable bonds is 7. The van der Waals surface area contributed by atoms with Crippen LogP contribution in [0.5, 0.6) is 5.75 Å². The minimum absolute atomic E-state index is 0.0243. The Morgan fingerprint density at radius 2 is 1.83 bits per heavy atom. The van der Waals surface area contributed by atoms with E-state index >= 15 is 0 Å². The lowest BCUT2D eigenvalue weighted by Gasteiger charge is -2.02. The van der Waals surface area contributed by atoms with E-state index in [9.17, 15) is 4.79 Å². The average Bonchev–Trinajstić information content (AvgIpc) is 3.08. The predicted octanol–water partition coefficient (Wildman–Crippen LogP) is 3.93. The number of hydrogen-bond acceptors (Lipinski definition) is 6. The Morgan fingerprint density at radius 3 is 2.58 bits per heavy atom. The van der Waals surface area contributed by atoms with Crippen molar-refractivity contribution in [2.75, 3.05) is 5.75 Å². The van der Waals surface area contributed by atoms with E-state index < -0.39 is 0 Å². The van der Waals surface area contributed by atoms with Crippen LogP contribution in [-0.2, 0) is 6.61 Å². The number of ketones is 1. The molecular formula is C18H16N2O3S. The highest BCUT2D eigenvalue weighted by Gasteiger charge is 2.11. The molecule has 2 aromatic carbocycles. The lowest BCUT2D eigenvalue weighted by molar-refractivity contribution is 0.102. The van der Waals surface area contributed by atoms with Crippen molar-refractivity contribution in [1.29, 1.82) is 0 Å². The molecule has 0 atom stereocenters. The standard InChI is InChI=1S/C18H16N2O3S/c1-13-7-9-15(10-8-13)22-11-17-19-20-18(23-17)24-12-16(21)14-5-3-2-4-6-14/h2-10H,11-12H2,1H3. The molecule has 0 N–H and O–H groups in total. The first-order chi connectivity index (χ1) is 11.7. The summed E-state index contributed by atoms with van der Waals surface area (Å²) < 4.78 is 11.1. The van der Waals surface area contributed by atoms with Crippen LogP contribution in [0.4, 0.5) is 0 Å². The molecule has 0 spiro atoms. The van der Waals surface area contributed by atoms with Crippen LogP contribution in [0, 0.1) is 6.92 Å². The van der Waals surface area contributed by atoms with Crippen molar-refractivity contribution in [2.24, 2.45) is 0 Å². The smallest absolute Gasteiger partial charge is 0.277 e. The topological polar surface area (TPSA) is 65.2 Å². The maximum absolute atomic E-state index is 12.0. The molecule has 1 heterocycles. The Kier molecular flexibility index (Phi) is 5.28. The fraction of sp³-hybridized carbons (Fsp3) is 0.167. The third-order valence-corrected chi connectivity index (χ3v) is 4.07. The summed E-state index contributed by atoms with van der Waals surface area (Å²) in [6.07, 6.45) is 0. The molecule has 0 aliphatic rings. The maximum Gasteiger partial charge on any atom is 0.277 e. The highest BCUT2D eigenvalue weighted by molar-refractivity contribution is 7.99. The Hall–Kier alpha value is -2.60. The van der Waals surface area contributed by atoms with Crippen molar-refractivity contribution in [3.63, 3.8) is 0 Å². The van der Waals surface area contributed by atoms with E-state index in [0.717, 1.165) is 5.75 Å². The molecule has 0 amide bonds. The van der Waals surface area contributed by atoms with Gasteiger partial charge in [0.15, 0.2) is 12.4 Å². The Morgan fingerprint density at radius 1 is 1.08 bits per heavy atom. The second-order valence-corrected chi connectivity index (χ2v) is 6.07. The SMILES string of the molecule is Cc1ccc(OCc2nnc(SCC(=O)c3ccccc3)o2)cc1. The minimum atomic E-state index is 0.0243. The first-order valence-corrected chi connectivity index (χ1v) is 8.42.